The van der Waals surface area contributed by atoms with Crippen LogP contribution in [-0.4, -0.2) is 24.7 Å². The normalized spacial score (nSPS) is 19.6. The first-order valence-electron chi connectivity index (χ1n) is 7.50. The van der Waals surface area contributed by atoms with E-state index in [-0.39, 0.29) is 5.41 Å². The monoisotopic (exact) mass is 338 g/mol. The third-order valence-corrected chi connectivity index (χ3v) is 4.19. The van der Waals surface area contributed by atoms with Crippen molar-refractivity contribution < 1.29 is 21.8 Å². The Morgan fingerprint density at radius 1 is 0.958 bits per heavy atom. The first kappa shape index (κ1) is 18.0. The Morgan fingerprint density at radius 3 is 2.04 bits per heavy atom. The minimum atomic E-state index is -6.00. The molecule has 0 aromatic heterocycles. The Balaban J connectivity index is 0.000000368. The molecule has 0 saturated carbocycles. The van der Waals surface area contributed by atoms with Crippen LogP contribution in [0, 0.1) is 0 Å². The molecule has 0 radical (unpaired) electrons. The predicted molar refractivity (Wildman–Crippen MR) is 89.2 cm³/mol. The molecule has 0 spiro atoms. The van der Waals surface area contributed by atoms with Crippen molar-refractivity contribution in [3.8, 4) is 0 Å². The summed E-state index contributed by atoms with van der Waals surface area (Å²) in [7, 11) is -3.95. The number of hydrogen-bond acceptors (Lipinski definition) is 1. The number of benzene rings is 2. The van der Waals surface area contributed by atoms with Gasteiger partial charge in [-0.05, 0) is 25.0 Å². The van der Waals surface area contributed by atoms with Crippen LogP contribution in [-0.2, 0) is 11.8 Å². The van der Waals surface area contributed by atoms with Gasteiger partial charge in [-0.15, -0.1) is 0 Å². The van der Waals surface area contributed by atoms with Crippen LogP contribution in [0.25, 0.3) is 0 Å². The van der Waals surface area contributed by atoms with Gasteiger partial charge in [0, 0.05) is 5.56 Å². The van der Waals surface area contributed by atoms with Crippen molar-refractivity contribution in [1.82, 2.24) is 0 Å². The quantitative estimate of drug-likeness (QED) is 0.498. The lowest BCUT2D eigenvalue weighted by Gasteiger charge is -2.21. The van der Waals surface area contributed by atoms with Crippen molar-refractivity contribution in [3.05, 3.63) is 65.7 Å². The lowest BCUT2D eigenvalue weighted by Crippen LogP contribution is -2.40. The summed E-state index contributed by atoms with van der Waals surface area (Å²) in [4.78, 5) is 0. The number of halogens is 4. The van der Waals surface area contributed by atoms with Gasteiger partial charge in [-0.3, -0.25) is 5.73 Å². The van der Waals surface area contributed by atoms with Crippen LogP contribution < -0.4 is 5.73 Å². The molecular weight excluding hydrogens is 319 g/mol. The standard InChI is InChI=1S/C17H18N2.BF4/c1-17(12-13-8-4-3-5-9-13)14-10-6-7-11-15(14)19(2)16(17)18;2-1(3,4)5/h3-11,18H,12H2,1-2H3;/q;-1/p+1. The van der Waals surface area contributed by atoms with Gasteiger partial charge in [0.2, 0.25) is 0 Å². The maximum atomic E-state index is 9.75. The SMILES string of the molecule is C[N+]1=C(N)C(C)(Cc2ccccc2)c2ccccc21.F[B-](F)(F)F. The molecule has 2 aromatic rings. The van der Waals surface area contributed by atoms with E-state index in [4.69, 9.17) is 5.73 Å². The second-order valence-corrected chi connectivity index (χ2v) is 5.95. The van der Waals surface area contributed by atoms with Crippen molar-refractivity contribution in [3.63, 3.8) is 0 Å². The zero-order valence-electron chi connectivity index (χ0n) is 13.5. The van der Waals surface area contributed by atoms with Crippen LogP contribution in [0.4, 0.5) is 23.0 Å². The molecule has 2 nitrogen and oxygen atoms in total. The largest absolute Gasteiger partial charge is 0.673 e. The molecule has 24 heavy (non-hydrogen) atoms. The summed E-state index contributed by atoms with van der Waals surface area (Å²) >= 11 is 0. The van der Waals surface area contributed by atoms with Gasteiger partial charge >= 0.3 is 7.25 Å². The number of amidine groups is 1. The minimum absolute atomic E-state index is 0.118. The van der Waals surface area contributed by atoms with Crippen LogP contribution >= 0.6 is 0 Å². The van der Waals surface area contributed by atoms with E-state index in [1.165, 1.54) is 16.8 Å². The van der Waals surface area contributed by atoms with Crippen LogP contribution in [0.1, 0.15) is 18.1 Å². The minimum Gasteiger partial charge on any atom is -0.418 e. The number of rotatable bonds is 2. The molecule has 2 aromatic carbocycles. The molecule has 1 unspecified atom stereocenters. The van der Waals surface area contributed by atoms with Crippen LogP contribution in [0.3, 0.4) is 0 Å². The van der Waals surface area contributed by atoms with E-state index in [1.54, 1.807) is 0 Å². The lowest BCUT2D eigenvalue weighted by atomic mass is 9.77. The second kappa shape index (κ2) is 6.67. The summed E-state index contributed by atoms with van der Waals surface area (Å²) in [5.41, 5.74) is 10.1. The molecule has 0 bridgehead atoms. The lowest BCUT2D eigenvalue weighted by molar-refractivity contribution is -0.403. The highest BCUT2D eigenvalue weighted by molar-refractivity contribution is 6.50. The molecular formula is C17H19BF4N2. The van der Waals surface area contributed by atoms with E-state index in [0.29, 0.717) is 0 Å². The van der Waals surface area contributed by atoms with E-state index in [0.717, 1.165) is 12.3 Å². The predicted octanol–water partition coefficient (Wildman–Crippen LogP) is 4.13. The molecule has 1 atom stereocenters. The summed E-state index contributed by atoms with van der Waals surface area (Å²) in [6.45, 7) is 2.23. The second-order valence-electron chi connectivity index (χ2n) is 5.95. The molecule has 2 N–H and O–H groups in total. The summed E-state index contributed by atoms with van der Waals surface area (Å²) in [5.74, 6) is 0.928. The molecule has 0 aliphatic carbocycles. The third-order valence-electron chi connectivity index (χ3n) is 4.19. The first-order chi connectivity index (χ1) is 11.1. The smallest absolute Gasteiger partial charge is 0.418 e. The van der Waals surface area contributed by atoms with Gasteiger partial charge in [-0.2, -0.15) is 0 Å². The molecule has 7 heteroatoms. The highest BCUT2D eigenvalue weighted by atomic mass is 19.5. The maximum absolute atomic E-state index is 9.75. The summed E-state index contributed by atoms with van der Waals surface area (Å²) in [6.07, 6.45) is 0.932. The highest BCUT2D eigenvalue weighted by Gasteiger charge is 2.44. The Hall–Kier alpha value is -2.31. The average molecular weight is 338 g/mol. The Kier molecular flexibility index (Phi) is 5.01. The van der Waals surface area contributed by atoms with E-state index in [2.05, 4.69) is 60.0 Å². The van der Waals surface area contributed by atoms with Gasteiger partial charge in [0.15, 0.2) is 0 Å². The van der Waals surface area contributed by atoms with Gasteiger partial charge in [0.25, 0.3) is 5.84 Å². The Labute approximate surface area is 138 Å². The van der Waals surface area contributed by atoms with Crippen molar-refractivity contribution >= 4 is 18.8 Å². The van der Waals surface area contributed by atoms with E-state index in [1.807, 2.05) is 13.1 Å². The fourth-order valence-corrected chi connectivity index (χ4v) is 3.06. The number of nitrogens with zero attached hydrogens (tertiary/aromatic N) is 1. The number of nitrogens with two attached hydrogens (primary N) is 1. The van der Waals surface area contributed by atoms with Crippen molar-refractivity contribution in [2.75, 3.05) is 7.05 Å². The van der Waals surface area contributed by atoms with Gasteiger partial charge in [0.1, 0.15) is 11.1 Å². The maximum Gasteiger partial charge on any atom is 0.673 e. The number of hydrogen-bond donors (Lipinski definition) is 1. The van der Waals surface area contributed by atoms with Crippen LogP contribution in [0.2, 0.25) is 0 Å². The summed E-state index contributed by atoms with van der Waals surface area (Å²) in [5, 5.41) is 0. The molecule has 0 amide bonds. The number of para-hydroxylation sites is 1. The molecule has 3 rings (SSSR count). The highest BCUT2D eigenvalue weighted by Crippen LogP contribution is 2.39. The van der Waals surface area contributed by atoms with Crippen molar-refractivity contribution in [1.29, 1.82) is 0 Å². The van der Waals surface area contributed by atoms with Gasteiger partial charge in [-0.25, -0.2) is 4.58 Å². The molecule has 1 heterocycles. The van der Waals surface area contributed by atoms with Gasteiger partial charge < -0.3 is 17.3 Å². The zero-order chi connectivity index (χ0) is 18.0. The first-order valence-corrected chi connectivity index (χ1v) is 7.50. The van der Waals surface area contributed by atoms with E-state index < -0.39 is 7.25 Å². The fraction of sp³-hybridized carbons (Fsp3) is 0.235. The molecule has 0 saturated heterocycles. The molecule has 1 aliphatic heterocycles. The molecule has 1 aliphatic rings. The van der Waals surface area contributed by atoms with Crippen molar-refractivity contribution in [2.24, 2.45) is 5.73 Å². The third kappa shape index (κ3) is 3.96. The molecule has 128 valence electrons. The molecule has 0 fully saturated rings. The topological polar surface area (TPSA) is 29.0 Å². The fourth-order valence-electron chi connectivity index (χ4n) is 3.06. The van der Waals surface area contributed by atoms with Crippen molar-refractivity contribution in [2.45, 2.75) is 18.8 Å². The van der Waals surface area contributed by atoms with Gasteiger partial charge in [-0.1, -0.05) is 48.5 Å². The van der Waals surface area contributed by atoms with Gasteiger partial charge in [0.05, 0.1) is 7.05 Å². The Morgan fingerprint density at radius 2 is 1.46 bits per heavy atom. The summed E-state index contributed by atoms with van der Waals surface area (Å²) < 4.78 is 41.1. The average Bonchev–Trinajstić information content (AvgIpc) is 2.69. The zero-order valence-corrected chi connectivity index (χ0v) is 13.5. The number of fused-ring (bicyclic) bond motifs is 1. The van der Waals surface area contributed by atoms with E-state index in [9.17, 15) is 17.3 Å². The Bertz CT molecular complexity index is 738. The summed E-state index contributed by atoms with van der Waals surface area (Å²) in [6, 6.07) is 19.0. The van der Waals surface area contributed by atoms with Crippen LogP contribution in [0.5, 0.6) is 0 Å². The van der Waals surface area contributed by atoms with E-state index >= 15 is 0 Å². The van der Waals surface area contributed by atoms with Crippen LogP contribution in [0.15, 0.2) is 54.6 Å².